The molecule has 0 spiro atoms. The van der Waals surface area contributed by atoms with Gasteiger partial charge in [-0.1, -0.05) is 39.3 Å². The van der Waals surface area contributed by atoms with Crippen LogP contribution in [0.2, 0.25) is 0 Å². The summed E-state index contributed by atoms with van der Waals surface area (Å²) >= 11 is -0.706. The Hall–Kier alpha value is -1.04. The molecule has 1 N–H and O–H groups in total. The molecule has 120 valence electrons. The van der Waals surface area contributed by atoms with Gasteiger partial charge in [-0.05, 0) is 24.0 Å². The molecule has 0 bridgehead atoms. The molecule has 0 saturated heterocycles. The zero-order valence-corrected chi connectivity index (χ0v) is 15.6. The Labute approximate surface area is 143 Å². The first-order valence-electron chi connectivity index (χ1n) is 7.75. The number of ketones is 1. The highest BCUT2D eigenvalue weighted by Crippen LogP contribution is 2.33. The number of aliphatic hydroxyl groups excluding tert-OH is 1. The number of benzene rings is 1. The number of ether oxygens (including phenoxy) is 1. The smallest absolute Gasteiger partial charge is 0.369 e. The second-order valence-corrected chi connectivity index (χ2v) is 9.21. The van der Waals surface area contributed by atoms with Crippen molar-refractivity contribution in [2.45, 2.75) is 46.5 Å². The Balaban J connectivity index is 2.18. The van der Waals surface area contributed by atoms with Crippen molar-refractivity contribution < 1.29 is 35.8 Å². The molecule has 0 fully saturated rings. The van der Waals surface area contributed by atoms with E-state index in [0.29, 0.717) is 23.0 Å². The van der Waals surface area contributed by atoms with Crippen LogP contribution in [0.4, 0.5) is 0 Å². The van der Waals surface area contributed by atoms with E-state index in [4.69, 9.17) is 4.74 Å². The van der Waals surface area contributed by atoms with Crippen LogP contribution in [-0.2, 0) is 4.79 Å². The van der Waals surface area contributed by atoms with Gasteiger partial charge in [0.05, 0.1) is 6.61 Å². The van der Waals surface area contributed by atoms with E-state index in [1.807, 2.05) is 38.1 Å². The number of allylic oxidation sites excluding steroid dienone is 2. The summed E-state index contributed by atoms with van der Waals surface area (Å²) in [5.74, 6) is 1.25. The van der Waals surface area contributed by atoms with Crippen molar-refractivity contribution in [3.8, 4) is 5.75 Å². The molecule has 1 aliphatic carbocycles. The van der Waals surface area contributed by atoms with Crippen molar-refractivity contribution in [1.29, 1.82) is 0 Å². The predicted molar refractivity (Wildman–Crippen MR) is 83.2 cm³/mol. The van der Waals surface area contributed by atoms with Crippen LogP contribution >= 0.6 is 0 Å². The number of carbonyl (C=O) groups excluding carboxylic acids is 1. The van der Waals surface area contributed by atoms with Crippen molar-refractivity contribution in [3.05, 3.63) is 37.2 Å². The number of Topliss-reactive ketones (excluding diaryl/α,β-unsaturated/α-hetero) is 1. The van der Waals surface area contributed by atoms with E-state index in [0.717, 1.165) is 22.2 Å². The lowest BCUT2D eigenvalue weighted by atomic mass is 9.79. The first-order valence-corrected chi connectivity index (χ1v) is 9.90. The van der Waals surface area contributed by atoms with E-state index in [2.05, 4.69) is 6.92 Å². The summed E-state index contributed by atoms with van der Waals surface area (Å²) in [5.41, 5.74) is -0.133. The van der Waals surface area contributed by atoms with Crippen molar-refractivity contribution in [2.24, 2.45) is 5.41 Å². The zero-order chi connectivity index (χ0) is 16.2. The average molecular weight is 415 g/mol. The van der Waals surface area contributed by atoms with Crippen LogP contribution < -0.4 is 25.9 Å². The van der Waals surface area contributed by atoms with E-state index in [1.54, 1.807) is 0 Å². The van der Waals surface area contributed by atoms with Gasteiger partial charge in [0, 0.05) is 12.8 Å². The summed E-state index contributed by atoms with van der Waals surface area (Å²) in [5, 5.41) is 10.3. The number of rotatable bonds is 6. The van der Waals surface area contributed by atoms with Crippen LogP contribution in [0.15, 0.2) is 33.6 Å². The van der Waals surface area contributed by atoms with Crippen LogP contribution in [0.1, 0.15) is 46.5 Å². The van der Waals surface area contributed by atoms with Crippen LogP contribution in [0.25, 0.3) is 0 Å². The highest BCUT2D eigenvalue weighted by atomic mass is 127. The Bertz CT molecular complexity index is 575. The Morgan fingerprint density at radius 1 is 1.27 bits per heavy atom. The van der Waals surface area contributed by atoms with E-state index in [-0.39, 0.29) is 17.0 Å². The van der Waals surface area contributed by atoms with Crippen molar-refractivity contribution in [2.75, 3.05) is 6.61 Å². The van der Waals surface area contributed by atoms with E-state index < -0.39 is 21.2 Å². The van der Waals surface area contributed by atoms with Gasteiger partial charge in [-0.2, -0.15) is 0 Å². The van der Waals surface area contributed by atoms with Gasteiger partial charge in [0.2, 0.25) is 9.35 Å². The molecule has 0 amide bonds. The fraction of sp³-hybridized carbons (Fsp3) is 0.500. The summed E-state index contributed by atoms with van der Waals surface area (Å²) < 4.78 is 7.58. The fourth-order valence-corrected chi connectivity index (χ4v) is 5.01. The standard InChI is InChI=1S/C18H23IO3/c1-4-5-10-22-16-9-7-6-8-13(16)19-17-14(20)11-18(2,3)12-15(17)21/h6-9H,4-5,10-12H2,1-3H3/p+1. The number of aliphatic hydroxyl groups is 1. The number of carbonyl (C=O) groups is 1. The molecule has 0 radical (unpaired) electrons. The molecular weight excluding hydrogens is 391 g/mol. The summed E-state index contributed by atoms with van der Waals surface area (Å²) in [4.78, 5) is 12.4. The molecule has 0 unspecified atom stereocenters. The van der Waals surface area contributed by atoms with Crippen LogP contribution in [0.3, 0.4) is 0 Å². The topological polar surface area (TPSA) is 46.5 Å². The summed E-state index contributed by atoms with van der Waals surface area (Å²) in [6, 6.07) is 7.90. The summed E-state index contributed by atoms with van der Waals surface area (Å²) in [6.45, 7) is 6.88. The minimum absolute atomic E-state index is 0.102. The van der Waals surface area contributed by atoms with Crippen LogP contribution in [0, 0.1) is 8.99 Å². The minimum atomic E-state index is -0.706. The monoisotopic (exact) mass is 415 g/mol. The maximum absolute atomic E-state index is 12.4. The Kier molecular flexibility index (Phi) is 5.89. The van der Waals surface area contributed by atoms with E-state index in [9.17, 15) is 9.90 Å². The third-order valence-corrected chi connectivity index (χ3v) is 6.81. The second kappa shape index (κ2) is 7.49. The zero-order valence-electron chi connectivity index (χ0n) is 13.5. The molecule has 0 aliphatic heterocycles. The van der Waals surface area contributed by atoms with Crippen molar-refractivity contribution >= 4 is 5.78 Å². The second-order valence-electron chi connectivity index (χ2n) is 6.43. The summed E-state index contributed by atoms with van der Waals surface area (Å²) in [6.07, 6.45) is 3.22. The number of unbranched alkanes of at least 4 members (excludes halogenated alkanes) is 1. The van der Waals surface area contributed by atoms with E-state index >= 15 is 0 Å². The third-order valence-electron chi connectivity index (χ3n) is 3.57. The Morgan fingerprint density at radius 2 is 2.00 bits per heavy atom. The number of hydrogen-bond acceptors (Lipinski definition) is 3. The lowest BCUT2D eigenvalue weighted by Gasteiger charge is -2.26. The molecule has 0 saturated carbocycles. The fourth-order valence-electron chi connectivity index (χ4n) is 2.44. The number of para-hydroxylation sites is 1. The highest BCUT2D eigenvalue weighted by molar-refractivity contribution is 5.94. The first kappa shape index (κ1) is 17.3. The predicted octanol–water partition coefficient (Wildman–Crippen LogP) is 1.28. The highest BCUT2D eigenvalue weighted by Gasteiger charge is 2.41. The molecule has 4 heteroatoms. The van der Waals surface area contributed by atoms with Gasteiger partial charge < -0.3 is 9.84 Å². The molecule has 1 aromatic rings. The quantitative estimate of drug-likeness (QED) is 0.563. The lowest BCUT2D eigenvalue weighted by Crippen LogP contribution is -3.61. The van der Waals surface area contributed by atoms with Crippen molar-refractivity contribution in [3.63, 3.8) is 0 Å². The molecule has 0 aromatic heterocycles. The summed E-state index contributed by atoms with van der Waals surface area (Å²) in [7, 11) is 0. The minimum Gasteiger partial charge on any atom is -0.507 e. The maximum atomic E-state index is 12.4. The molecular formula is C18H24IO3+. The van der Waals surface area contributed by atoms with Crippen molar-refractivity contribution in [1.82, 2.24) is 0 Å². The van der Waals surface area contributed by atoms with Gasteiger partial charge in [-0.15, -0.1) is 0 Å². The van der Waals surface area contributed by atoms with Gasteiger partial charge in [-0.3, -0.25) is 4.79 Å². The SMILES string of the molecule is CCCCOc1ccccc1[I+]C1=C(O)CC(C)(C)CC1=O. The molecule has 22 heavy (non-hydrogen) atoms. The largest absolute Gasteiger partial charge is 0.507 e. The third kappa shape index (κ3) is 4.48. The van der Waals surface area contributed by atoms with Gasteiger partial charge in [0.1, 0.15) is 0 Å². The molecule has 1 aliphatic rings. The first-order chi connectivity index (χ1) is 10.4. The van der Waals surface area contributed by atoms with Gasteiger partial charge in [-0.25, -0.2) is 0 Å². The molecule has 3 nitrogen and oxygen atoms in total. The molecule has 0 heterocycles. The number of halogens is 1. The lowest BCUT2D eigenvalue weighted by molar-refractivity contribution is -0.573. The van der Waals surface area contributed by atoms with Gasteiger partial charge in [0.25, 0.3) is 3.58 Å². The van der Waals surface area contributed by atoms with Gasteiger partial charge >= 0.3 is 21.2 Å². The van der Waals surface area contributed by atoms with Gasteiger partial charge in [0.15, 0.2) is 11.5 Å². The van der Waals surface area contributed by atoms with Crippen LogP contribution in [0.5, 0.6) is 5.75 Å². The normalized spacial score (nSPS) is 17.7. The average Bonchev–Trinajstić information content (AvgIpc) is 2.43. The molecule has 0 atom stereocenters. The van der Waals surface area contributed by atoms with Crippen LogP contribution in [-0.4, -0.2) is 17.5 Å². The maximum Gasteiger partial charge on any atom is 0.369 e. The van der Waals surface area contributed by atoms with E-state index in [1.165, 1.54) is 0 Å². The Morgan fingerprint density at radius 3 is 2.68 bits per heavy atom. The molecule has 1 aromatic carbocycles. The number of hydrogen-bond donors (Lipinski definition) is 1. The molecule has 2 rings (SSSR count).